The van der Waals surface area contributed by atoms with Crippen molar-refractivity contribution in [3.63, 3.8) is 0 Å². The number of rotatable bonds is 5. The van der Waals surface area contributed by atoms with Gasteiger partial charge in [-0.25, -0.2) is 0 Å². The highest BCUT2D eigenvalue weighted by Gasteiger charge is 2.36. The molecule has 20 heavy (non-hydrogen) atoms. The standard InChI is InChI=1S/C15H20N2O3/c1-10-4-5-11(14(16)20)12(8-10)17-15(9-13(18)19)6-2-3-7-15/h4-5,8,17H,2-3,6-7,9H2,1H3,(H2,16,20)(H,18,19). The Hall–Kier alpha value is -2.04. The summed E-state index contributed by atoms with van der Waals surface area (Å²) in [6.07, 6.45) is 3.64. The van der Waals surface area contributed by atoms with Crippen LogP contribution in [0.1, 0.15) is 48.0 Å². The zero-order chi connectivity index (χ0) is 14.8. The van der Waals surface area contributed by atoms with E-state index in [1.165, 1.54) is 0 Å². The molecular formula is C15H20N2O3. The fourth-order valence-electron chi connectivity index (χ4n) is 2.95. The molecule has 1 amide bonds. The Morgan fingerprint density at radius 1 is 1.35 bits per heavy atom. The van der Waals surface area contributed by atoms with Crippen LogP contribution in [0.25, 0.3) is 0 Å². The second-order valence-corrected chi connectivity index (χ2v) is 5.60. The third-order valence-corrected chi connectivity index (χ3v) is 3.89. The molecule has 1 saturated carbocycles. The molecule has 2 rings (SSSR count). The number of nitrogens with two attached hydrogens (primary N) is 1. The molecule has 5 nitrogen and oxygen atoms in total. The van der Waals surface area contributed by atoms with Crippen LogP contribution < -0.4 is 11.1 Å². The maximum Gasteiger partial charge on any atom is 0.305 e. The van der Waals surface area contributed by atoms with Crippen molar-refractivity contribution in [1.82, 2.24) is 0 Å². The van der Waals surface area contributed by atoms with Gasteiger partial charge in [0, 0.05) is 11.2 Å². The number of amides is 1. The van der Waals surface area contributed by atoms with Crippen LogP contribution >= 0.6 is 0 Å². The van der Waals surface area contributed by atoms with Crippen molar-refractivity contribution in [2.75, 3.05) is 5.32 Å². The Balaban J connectivity index is 2.33. The molecule has 0 bridgehead atoms. The molecule has 1 fully saturated rings. The summed E-state index contributed by atoms with van der Waals surface area (Å²) >= 11 is 0. The highest BCUT2D eigenvalue weighted by atomic mass is 16.4. The second-order valence-electron chi connectivity index (χ2n) is 5.60. The quantitative estimate of drug-likeness (QED) is 0.769. The molecule has 1 aromatic rings. The van der Waals surface area contributed by atoms with Gasteiger partial charge in [0.1, 0.15) is 0 Å². The first kappa shape index (κ1) is 14.4. The van der Waals surface area contributed by atoms with Crippen LogP contribution in [0, 0.1) is 6.92 Å². The van der Waals surface area contributed by atoms with Crippen molar-refractivity contribution in [3.8, 4) is 0 Å². The smallest absolute Gasteiger partial charge is 0.305 e. The van der Waals surface area contributed by atoms with Crippen molar-refractivity contribution in [2.24, 2.45) is 5.73 Å². The van der Waals surface area contributed by atoms with Gasteiger partial charge in [0.2, 0.25) is 0 Å². The van der Waals surface area contributed by atoms with Gasteiger partial charge in [0.15, 0.2) is 0 Å². The minimum absolute atomic E-state index is 0.0547. The lowest BCUT2D eigenvalue weighted by atomic mass is 9.92. The second kappa shape index (κ2) is 5.53. The lowest BCUT2D eigenvalue weighted by Gasteiger charge is -2.31. The van der Waals surface area contributed by atoms with Crippen LogP contribution in [0.5, 0.6) is 0 Å². The van der Waals surface area contributed by atoms with E-state index < -0.39 is 17.4 Å². The first-order chi connectivity index (χ1) is 9.42. The van der Waals surface area contributed by atoms with E-state index in [1.54, 1.807) is 6.07 Å². The number of anilines is 1. The summed E-state index contributed by atoms with van der Waals surface area (Å²) in [6, 6.07) is 5.36. The Bertz CT molecular complexity index is 534. The van der Waals surface area contributed by atoms with Gasteiger partial charge in [0.25, 0.3) is 5.91 Å². The molecule has 0 atom stereocenters. The predicted octanol–water partition coefficient (Wildman–Crippen LogP) is 2.29. The van der Waals surface area contributed by atoms with E-state index in [-0.39, 0.29) is 6.42 Å². The van der Waals surface area contributed by atoms with Crippen molar-refractivity contribution in [2.45, 2.75) is 44.6 Å². The van der Waals surface area contributed by atoms with E-state index >= 15 is 0 Å². The van der Waals surface area contributed by atoms with E-state index in [9.17, 15) is 9.59 Å². The van der Waals surface area contributed by atoms with Crippen LogP contribution in [0.2, 0.25) is 0 Å². The van der Waals surface area contributed by atoms with Gasteiger partial charge in [-0.1, -0.05) is 18.9 Å². The Morgan fingerprint density at radius 2 is 2.00 bits per heavy atom. The monoisotopic (exact) mass is 276 g/mol. The van der Waals surface area contributed by atoms with Gasteiger partial charge < -0.3 is 16.2 Å². The largest absolute Gasteiger partial charge is 0.481 e. The lowest BCUT2D eigenvalue weighted by molar-refractivity contribution is -0.138. The molecule has 0 aliphatic heterocycles. The van der Waals surface area contributed by atoms with Crippen molar-refractivity contribution in [3.05, 3.63) is 29.3 Å². The number of hydrogen-bond donors (Lipinski definition) is 3. The molecule has 1 aliphatic rings. The average Bonchev–Trinajstić information content (AvgIpc) is 2.75. The lowest BCUT2D eigenvalue weighted by Crippen LogP contribution is -2.38. The summed E-state index contributed by atoms with van der Waals surface area (Å²) in [6.45, 7) is 1.93. The van der Waals surface area contributed by atoms with Gasteiger partial charge in [-0.2, -0.15) is 0 Å². The van der Waals surface area contributed by atoms with Crippen LogP contribution in [0.15, 0.2) is 18.2 Å². The molecule has 0 radical (unpaired) electrons. The van der Waals surface area contributed by atoms with E-state index in [1.807, 2.05) is 19.1 Å². The van der Waals surface area contributed by atoms with Crippen molar-refractivity contribution >= 4 is 17.6 Å². The highest BCUT2D eigenvalue weighted by Crippen LogP contribution is 2.37. The van der Waals surface area contributed by atoms with Gasteiger partial charge in [0.05, 0.1) is 12.0 Å². The zero-order valence-electron chi connectivity index (χ0n) is 11.6. The topological polar surface area (TPSA) is 92.4 Å². The van der Waals surface area contributed by atoms with Crippen LogP contribution in [-0.4, -0.2) is 22.5 Å². The minimum atomic E-state index is -0.826. The minimum Gasteiger partial charge on any atom is -0.481 e. The molecule has 108 valence electrons. The van der Waals surface area contributed by atoms with Crippen LogP contribution in [0.4, 0.5) is 5.69 Å². The molecule has 0 spiro atoms. The summed E-state index contributed by atoms with van der Waals surface area (Å²) in [5.74, 6) is -1.33. The average molecular weight is 276 g/mol. The summed E-state index contributed by atoms with van der Waals surface area (Å²) in [7, 11) is 0. The number of hydrogen-bond acceptors (Lipinski definition) is 3. The van der Waals surface area contributed by atoms with Crippen LogP contribution in [-0.2, 0) is 4.79 Å². The number of carbonyl (C=O) groups is 2. The fraction of sp³-hybridized carbons (Fsp3) is 0.467. The number of primary amides is 1. The predicted molar refractivity (Wildman–Crippen MR) is 76.8 cm³/mol. The van der Waals surface area contributed by atoms with E-state index in [4.69, 9.17) is 10.8 Å². The number of carboxylic acid groups (broad SMARTS) is 1. The number of carboxylic acids is 1. The van der Waals surface area contributed by atoms with E-state index in [0.717, 1.165) is 31.2 Å². The molecule has 0 aromatic heterocycles. The summed E-state index contributed by atoms with van der Waals surface area (Å²) in [5.41, 5.74) is 6.97. The number of aliphatic carboxylic acids is 1. The zero-order valence-corrected chi connectivity index (χ0v) is 11.6. The molecule has 4 N–H and O–H groups in total. The molecule has 0 saturated heterocycles. The Kier molecular flexibility index (Phi) is 3.97. The third kappa shape index (κ3) is 3.10. The molecular weight excluding hydrogens is 256 g/mol. The Morgan fingerprint density at radius 3 is 2.55 bits per heavy atom. The van der Waals surface area contributed by atoms with Gasteiger partial charge in [-0.3, -0.25) is 9.59 Å². The number of aryl methyl sites for hydroxylation is 1. The third-order valence-electron chi connectivity index (χ3n) is 3.89. The molecule has 0 heterocycles. The maximum absolute atomic E-state index is 11.5. The molecule has 1 aliphatic carbocycles. The summed E-state index contributed by atoms with van der Waals surface area (Å²) in [5, 5.41) is 12.4. The number of nitrogens with one attached hydrogen (secondary N) is 1. The van der Waals surface area contributed by atoms with E-state index in [2.05, 4.69) is 5.32 Å². The molecule has 0 unspecified atom stereocenters. The normalized spacial score (nSPS) is 16.9. The number of carbonyl (C=O) groups excluding carboxylic acids is 1. The first-order valence-corrected chi connectivity index (χ1v) is 6.82. The molecule has 5 heteroatoms. The van der Waals surface area contributed by atoms with Gasteiger partial charge >= 0.3 is 5.97 Å². The number of benzene rings is 1. The Labute approximate surface area is 118 Å². The maximum atomic E-state index is 11.5. The first-order valence-electron chi connectivity index (χ1n) is 6.82. The van der Waals surface area contributed by atoms with Gasteiger partial charge in [-0.15, -0.1) is 0 Å². The molecule has 1 aromatic carbocycles. The van der Waals surface area contributed by atoms with Crippen LogP contribution in [0.3, 0.4) is 0 Å². The fourth-order valence-corrected chi connectivity index (χ4v) is 2.95. The van der Waals surface area contributed by atoms with Gasteiger partial charge in [-0.05, 0) is 37.5 Å². The van der Waals surface area contributed by atoms with Crippen molar-refractivity contribution < 1.29 is 14.7 Å². The highest BCUT2D eigenvalue weighted by molar-refractivity contribution is 5.98. The SMILES string of the molecule is Cc1ccc(C(N)=O)c(NC2(CC(=O)O)CCCC2)c1. The summed E-state index contributed by atoms with van der Waals surface area (Å²) in [4.78, 5) is 22.6. The van der Waals surface area contributed by atoms with Crippen molar-refractivity contribution in [1.29, 1.82) is 0 Å². The van der Waals surface area contributed by atoms with E-state index in [0.29, 0.717) is 11.3 Å². The summed E-state index contributed by atoms with van der Waals surface area (Å²) < 4.78 is 0.